The summed E-state index contributed by atoms with van der Waals surface area (Å²) in [4.78, 5) is 10.1. The van der Waals surface area contributed by atoms with Gasteiger partial charge in [-0.3, -0.25) is 0 Å². The maximum atomic E-state index is 13.2. The van der Waals surface area contributed by atoms with E-state index in [0.717, 1.165) is 0 Å². The molecule has 0 aliphatic carbocycles. The zero-order chi connectivity index (χ0) is 13.8. The van der Waals surface area contributed by atoms with Crippen molar-refractivity contribution in [2.24, 2.45) is 0 Å². The van der Waals surface area contributed by atoms with E-state index >= 15 is 0 Å². The van der Waals surface area contributed by atoms with Gasteiger partial charge in [0.25, 0.3) is 0 Å². The van der Waals surface area contributed by atoms with Crippen molar-refractivity contribution in [3.8, 4) is 0 Å². The zero-order valence-corrected chi connectivity index (χ0v) is 11.4. The zero-order valence-electron chi connectivity index (χ0n) is 10.7. The Balaban J connectivity index is 2.37. The predicted octanol–water partition coefficient (Wildman–Crippen LogP) is 3.47. The van der Waals surface area contributed by atoms with Crippen LogP contribution in [0.25, 0.3) is 0 Å². The summed E-state index contributed by atoms with van der Waals surface area (Å²) in [6.07, 6.45) is 1.53. The monoisotopic (exact) mass is 280 g/mol. The van der Waals surface area contributed by atoms with Crippen LogP contribution in [0, 0.1) is 5.82 Å². The number of nitrogens with zero attached hydrogens (tertiary/aromatic N) is 3. The second kappa shape index (κ2) is 5.84. The van der Waals surface area contributed by atoms with Gasteiger partial charge in [0.2, 0.25) is 5.95 Å². The van der Waals surface area contributed by atoms with Gasteiger partial charge in [-0.2, -0.15) is 4.98 Å². The molecule has 0 saturated heterocycles. The van der Waals surface area contributed by atoms with E-state index in [1.807, 2.05) is 6.92 Å². The van der Waals surface area contributed by atoms with Crippen molar-refractivity contribution in [3.63, 3.8) is 0 Å². The lowest BCUT2D eigenvalue weighted by Crippen LogP contribution is -2.14. The molecule has 4 nitrogen and oxygen atoms in total. The van der Waals surface area contributed by atoms with Crippen molar-refractivity contribution in [1.82, 2.24) is 9.97 Å². The summed E-state index contributed by atoms with van der Waals surface area (Å²) in [5.74, 6) is 0.713. The minimum atomic E-state index is -0.304. The highest BCUT2D eigenvalue weighted by molar-refractivity contribution is 6.33. The molecule has 19 heavy (non-hydrogen) atoms. The summed E-state index contributed by atoms with van der Waals surface area (Å²) in [5, 5.41) is 3.42. The van der Waals surface area contributed by atoms with Gasteiger partial charge in [-0.1, -0.05) is 17.7 Å². The van der Waals surface area contributed by atoms with Gasteiger partial charge in [0, 0.05) is 19.3 Å². The first-order valence-corrected chi connectivity index (χ1v) is 6.25. The van der Waals surface area contributed by atoms with Gasteiger partial charge < -0.3 is 10.2 Å². The minimum Gasteiger partial charge on any atom is -0.354 e. The SMILES string of the molecule is CCNc1ncc(Cl)c(N(C)c2cccc(F)c2)n1. The van der Waals surface area contributed by atoms with Gasteiger partial charge in [0.1, 0.15) is 10.8 Å². The van der Waals surface area contributed by atoms with Crippen LogP contribution in [-0.4, -0.2) is 23.6 Å². The molecule has 0 aliphatic rings. The minimum absolute atomic E-state index is 0.304. The highest BCUT2D eigenvalue weighted by Crippen LogP contribution is 2.29. The van der Waals surface area contributed by atoms with E-state index < -0.39 is 0 Å². The number of aromatic nitrogens is 2. The van der Waals surface area contributed by atoms with Crippen molar-refractivity contribution in [2.45, 2.75) is 6.92 Å². The average Bonchev–Trinajstić information content (AvgIpc) is 2.40. The summed E-state index contributed by atoms with van der Waals surface area (Å²) < 4.78 is 13.2. The summed E-state index contributed by atoms with van der Waals surface area (Å²) >= 11 is 6.09. The molecule has 0 atom stereocenters. The predicted molar refractivity (Wildman–Crippen MR) is 75.7 cm³/mol. The standard InChI is InChI=1S/C13H14ClFN4/c1-3-16-13-17-8-11(14)12(18-13)19(2)10-6-4-5-9(15)7-10/h4-8H,3H2,1-2H3,(H,16,17,18). The van der Waals surface area contributed by atoms with E-state index in [-0.39, 0.29) is 5.82 Å². The Hall–Kier alpha value is -1.88. The molecular formula is C13H14ClFN4. The van der Waals surface area contributed by atoms with E-state index in [1.165, 1.54) is 18.3 Å². The third-order valence-corrected chi connectivity index (χ3v) is 2.84. The molecule has 0 saturated carbocycles. The number of halogens is 2. The molecule has 2 rings (SSSR count). The summed E-state index contributed by atoms with van der Waals surface area (Å²) in [5.41, 5.74) is 0.669. The third kappa shape index (κ3) is 3.12. The Labute approximate surface area is 116 Å². The Morgan fingerprint density at radius 1 is 1.42 bits per heavy atom. The fourth-order valence-electron chi connectivity index (χ4n) is 1.64. The second-order valence-electron chi connectivity index (χ2n) is 3.93. The third-order valence-electron chi connectivity index (χ3n) is 2.57. The Kier molecular flexibility index (Phi) is 4.16. The van der Waals surface area contributed by atoms with Crippen LogP contribution in [0.15, 0.2) is 30.5 Å². The van der Waals surface area contributed by atoms with Gasteiger partial charge in [-0.05, 0) is 25.1 Å². The number of anilines is 3. The Bertz CT molecular complexity index is 576. The molecule has 0 fully saturated rings. The molecule has 100 valence electrons. The van der Waals surface area contributed by atoms with Crippen molar-refractivity contribution in [3.05, 3.63) is 41.3 Å². The first-order chi connectivity index (χ1) is 9.11. The van der Waals surface area contributed by atoms with Gasteiger partial charge >= 0.3 is 0 Å². The van der Waals surface area contributed by atoms with E-state index in [2.05, 4.69) is 15.3 Å². The van der Waals surface area contributed by atoms with Crippen LogP contribution in [-0.2, 0) is 0 Å². The quantitative estimate of drug-likeness (QED) is 0.931. The van der Waals surface area contributed by atoms with Crippen LogP contribution in [0.2, 0.25) is 5.02 Å². The van der Waals surface area contributed by atoms with E-state index in [9.17, 15) is 4.39 Å². The highest BCUT2D eigenvalue weighted by Gasteiger charge is 2.12. The van der Waals surface area contributed by atoms with Gasteiger partial charge in [0.15, 0.2) is 5.82 Å². The maximum Gasteiger partial charge on any atom is 0.224 e. The van der Waals surface area contributed by atoms with Crippen LogP contribution >= 0.6 is 11.6 Å². The van der Waals surface area contributed by atoms with Crippen molar-refractivity contribution < 1.29 is 4.39 Å². The number of nitrogens with one attached hydrogen (secondary N) is 1. The van der Waals surface area contributed by atoms with Crippen LogP contribution in [0.1, 0.15) is 6.92 Å². The van der Waals surface area contributed by atoms with Crippen molar-refractivity contribution >= 4 is 29.1 Å². The molecule has 0 amide bonds. The summed E-state index contributed by atoms with van der Waals surface area (Å²) in [7, 11) is 1.78. The maximum absolute atomic E-state index is 13.2. The van der Waals surface area contributed by atoms with E-state index in [1.54, 1.807) is 24.1 Å². The van der Waals surface area contributed by atoms with Gasteiger partial charge in [-0.15, -0.1) is 0 Å². The lowest BCUT2D eigenvalue weighted by molar-refractivity contribution is 0.628. The van der Waals surface area contributed by atoms with Crippen LogP contribution < -0.4 is 10.2 Å². The number of hydrogen-bond acceptors (Lipinski definition) is 4. The topological polar surface area (TPSA) is 41.1 Å². The van der Waals surface area contributed by atoms with E-state index in [0.29, 0.717) is 29.0 Å². The number of hydrogen-bond donors (Lipinski definition) is 1. The van der Waals surface area contributed by atoms with Crippen LogP contribution in [0.3, 0.4) is 0 Å². The van der Waals surface area contributed by atoms with Gasteiger partial charge in [0.05, 0.1) is 6.20 Å². The molecule has 1 aromatic carbocycles. The first-order valence-electron chi connectivity index (χ1n) is 5.87. The normalized spacial score (nSPS) is 10.3. The molecule has 0 radical (unpaired) electrons. The average molecular weight is 281 g/mol. The lowest BCUT2D eigenvalue weighted by Gasteiger charge is -2.20. The highest BCUT2D eigenvalue weighted by atomic mass is 35.5. The molecule has 2 aromatic rings. The molecular weight excluding hydrogens is 267 g/mol. The van der Waals surface area contributed by atoms with Crippen LogP contribution in [0.4, 0.5) is 21.8 Å². The molecule has 0 aliphatic heterocycles. The first kappa shape index (κ1) is 13.5. The largest absolute Gasteiger partial charge is 0.354 e. The molecule has 0 bridgehead atoms. The fraction of sp³-hybridized carbons (Fsp3) is 0.231. The van der Waals surface area contributed by atoms with Gasteiger partial charge in [-0.25, -0.2) is 9.37 Å². The molecule has 0 spiro atoms. The molecule has 0 unspecified atom stereocenters. The molecule has 6 heteroatoms. The smallest absolute Gasteiger partial charge is 0.224 e. The lowest BCUT2D eigenvalue weighted by atomic mass is 10.3. The number of rotatable bonds is 4. The Morgan fingerprint density at radius 3 is 2.89 bits per heavy atom. The molecule has 1 N–H and O–H groups in total. The molecule has 1 aromatic heterocycles. The molecule has 1 heterocycles. The number of benzene rings is 1. The fourth-order valence-corrected chi connectivity index (χ4v) is 1.86. The van der Waals surface area contributed by atoms with Crippen molar-refractivity contribution in [2.75, 3.05) is 23.8 Å². The summed E-state index contributed by atoms with van der Waals surface area (Å²) in [6.45, 7) is 2.67. The Morgan fingerprint density at radius 2 is 2.21 bits per heavy atom. The van der Waals surface area contributed by atoms with Crippen LogP contribution in [0.5, 0.6) is 0 Å². The summed E-state index contributed by atoms with van der Waals surface area (Å²) in [6, 6.07) is 6.24. The second-order valence-corrected chi connectivity index (χ2v) is 4.34. The van der Waals surface area contributed by atoms with Crippen molar-refractivity contribution in [1.29, 1.82) is 0 Å². The van der Waals surface area contributed by atoms with E-state index in [4.69, 9.17) is 11.6 Å².